The van der Waals surface area contributed by atoms with Crippen molar-refractivity contribution in [1.29, 1.82) is 0 Å². The molecule has 2 aromatic carbocycles. The van der Waals surface area contributed by atoms with Gasteiger partial charge in [-0.2, -0.15) is 0 Å². The second-order valence-electron chi connectivity index (χ2n) is 5.94. The van der Waals surface area contributed by atoms with E-state index >= 15 is 0 Å². The van der Waals surface area contributed by atoms with Crippen molar-refractivity contribution >= 4 is 40.6 Å². The molecule has 0 heterocycles. The molecule has 0 aliphatic carbocycles. The van der Waals surface area contributed by atoms with Crippen LogP contribution < -0.4 is 10.6 Å². The third kappa shape index (κ3) is 6.32. The van der Waals surface area contributed by atoms with Gasteiger partial charge in [0.25, 0.3) is 0 Å². The molecular weight excluding hydrogens is 368 g/mol. The van der Waals surface area contributed by atoms with Gasteiger partial charge in [-0.05, 0) is 62.7 Å². The van der Waals surface area contributed by atoms with E-state index in [2.05, 4.69) is 29.7 Å². The summed E-state index contributed by atoms with van der Waals surface area (Å²) in [5.41, 5.74) is 2.37. The van der Waals surface area contributed by atoms with Crippen LogP contribution in [-0.4, -0.2) is 23.7 Å². The Morgan fingerprint density at radius 3 is 2.62 bits per heavy atom. The summed E-state index contributed by atoms with van der Waals surface area (Å²) in [4.78, 5) is 11.8. The minimum Gasteiger partial charge on any atom is -0.462 e. The van der Waals surface area contributed by atoms with Gasteiger partial charge in [0.05, 0.1) is 17.2 Å². The molecule has 1 atom stereocenters. The summed E-state index contributed by atoms with van der Waals surface area (Å²) in [6.07, 6.45) is 1.95. The molecule has 0 radical (unpaired) electrons. The Kier molecular flexibility index (Phi) is 7.88. The zero-order valence-corrected chi connectivity index (χ0v) is 16.5. The molecule has 0 amide bonds. The molecule has 0 unspecified atom stereocenters. The van der Waals surface area contributed by atoms with Crippen molar-refractivity contribution in [3.63, 3.8) is 0 Å². The zero-order valence-electron chi connectivity index (χ0n) is 14.9. The summed E-state index contributed by atoms with van der Waals surface area (Å²) >= 11 is 11.5. The fourth-order valence-corrected chi connectivity index (χ4v) is 3.03. The Labute approximate surface area is 164 Å². The van der Waals surface area contributed by atoms with Gasteiger partial charge in [-0.1, -0.05) is 41.9 Å². The minimum atomic E-state index is -0.431. The summed E-state index contributed by atoms with van der Waals surface area (Å²) in [6.45, 7) is 4.16. The number of esters is 1. The van der Waals surface area contributed by atoms with Crippen molar-refractivity contribution in [1.82, 2.24) is 5.32 Å². The number of carbonyl (C=O) groups is 1. The lowest BCUT2D eigenvalue weighted by molar-refractivity contribution is 0.0526. The summed E-state index contributed by atoms with van der Waals surface area (Å²) in [7, 11) is 0. The number of thiocarbonyl (C=S) groups is 1. The van der Waals surface area contributed by atoms with E-state index in [0.717, 1.165) is 18.5 Å². The van der Waals surface area contributed by atoms with Crippen molar-refractivity contribution in [2.75, 3.05) is 11.9 Å². The average molecular weight is 391 g/mol. The van der Waals surface area contributed by atoms with Gasteiger partial charge in [0.2, 0.25) is 0 Å². The number of benzene rings is 2. The molecule has 2 N–H and O–H groups in total. The highest BCUT2D eigenvalue weighted by Gasteiger charge is 2.12. The molecule has 0 saturated carbocycles. The number of hydrogen-bond donors (Lipinski definition) is 2. The average Bonchev–Trinajstić information content (AvgIpc) is 2.61. The lowest BCUT2D eigenvalue weighted by atomic mass is 10.1. The topological polar surface area (TPSA) is 50.4 Å². The second-order valence-corrected chi connectivity index (χ2v) is 6.75. The van der Waals surface area contributed by atoms with Gasteiger partial charge >= 0.3 is 5.97 Å². The summed E-state index contributed by atoms with van der Waals surface area (Å²) < 4.78 is 4.96. The number of halogens is 1. The van der Waals surface area contributed by atoms with E-state index in [9.17, 15) is 4.79 Å². The zero-order chi connectivity index (χ0) is 18.9. The van der Waals surface area contributed by atoms with Crippen LogP contribution in [0.25, 0.3) is 0 Å². The van der Waals surface area contributed by atoms with Crippen LogP contribution in [0, 0.1) is 0 Å². The van der Waals surface area contributed by atoms with E-state index in [-0.39, 0.29) is 6.04 Å². The molecule has 6 heteroatoms. The largest absolute Gasteiger partial charge is 0.462 e. The number of nitrogens with one attached hydrogen (secondary N) is 2. The van der Waals surface area contributed by atoms with Gasteiger partial charge in [-0.3, -0.25) is 0 Å². The smallest absolute Gasteiger partial charge is 0.339 e. The SMILES string of the molecule is CCOC(=O)c1ccc(NC(=S)N[C@@H](C)CCc2ccccc2)cc1Cl. The fourth-order valence-electron chi connectivity index (χ4n) is 2.46. The molecule has 2 aromatic rings. The molecule has 138 valence electrons. The number of rotatable bonds is 7. The Morgan fingerprint density at radius 2 is 1.96 bits per heavy atom. The summed E-state index contributed by atoms with van der Waals surface area (Å²) in [5, 5.41) is 7.20. The van der Waals surface area contributed by atoms with Crippen molar-refractivity contribution in [2.45, 2.75) is 32.7 Å². The Morgan fingerprint density at radius 1 is 1.23 bits per heavy atom. The third-order valence-corrected chi connectivity index (χ3v) is 4.34. The minimum absolute atomic E-state index is 0.226. The van der Waals surface area contributed by atoms with Gasteiger partial charge < -0.3 is 15.4 Å². The normalized spacial score (nSPS) is 11.5. The van der Waals surface area contributed by atoms with E-state index in [1.54, 1.807) is 25.1 Å². The molecule has 2 rings (SSSR count). The van der Waals surface area contributed by atoms with Gasteiger partial charge in [-0.25, -0.2) is 4.79 Å². The predicted octanol–water partition coefficient (Wildman–Crippen LogP) is 4.82. The standard InChI is InChI=1S/C20H23ClN2O2S/c1-3-25-19(24)17-12-11-16(13-18(17)21)23-20(26)22-14(2)9-10-15-7-5-4-6-8-15/h4-8,11-14H,3,9-10H2,1-2H3,(H2,22,23,26)/t14-/m0/s1. The number of carbonyl (C=O) groups excluding carboxylic acids is 1. The van der Waals surface area contributed by atoms with Crippen LogP contribution in [0.4, 0.5) is 5.69 Å². The van der Waals surface area contributed by atoms with Crippen LogP contribution in [-0.2, 0) is 11.2 Å². The molecule has 0 fully saturated rings. The highest BCUT2D eigenvalue weighted by molar-refractivity contribution is 7.80. The molecule has 0 bridgehead atoms. The van der Waals surface area contributed by atoms with Gasteiger partial charge in [0, 0.05) is 11.7 Å². The number of anilines is 1. The molecule has 0 aliphatic rings. The first-order valence-electron chi connectivity index (χ1n) is 8.57. The van der Waals surface area contributed by atoms with E-state index in [0.29, 0.717) is 22.3 Å². The Bertz CT molecular complexity index is 753. The van der Waals surface area contributed by atoms with Crippen molar-refractivity contribution in [3.8, 4) is 0 Å². The number of aryl methyl sites for hydroxylation is 1. The van der Waals surface area contributed by atoms with E-state index in [4.69, 9.17) is 28.6 Å². The number of ether oxygens (including phenoxy) is 1. The highest BCUT2D eigenvalue weighted by atomic mass is 35.5. The van der Waals surface area contributed by atoms with Crippen LogP contribution in [0.3, 0.4) is 0 Å². The van der Waals surface area contributed by atoms with Crippen LogP contribution in [0.5, 0.6) is 0 Å². The molecule has 0 spiro atoms. The first kappa shape index (κ1) is 20.2. The molecular formula is C20H23ClN2O2S. The van der Waals surface area contributed by atoms with E-state index < -0.39 is 5.97 Å². The molecule has 0 aromatic heterocycles. The lowest BCUT2D eigenvalue weighted by Gasteiger charge is -2.17. The van der Waals surface area contributed by atoms with Crippen LogP contribution in [0.2, 0.25) is 5.02 Å². The predicted molar refractivity (Wildman–Crippen MR) is 111 cm³/mol. The van der Waals surface area contributed by atoms with Gasteiger partial charge in [-0.15, -0.1) is 0 Å². The Hall–Kier alpha value is -2.11. The maximum atomic E-state index is 11.8. The third-order valence-electron chi connectivity index (χ3n) is 3.81. The second kappa shape index (κ2) is 10.1. The van der Waals surface area contributed by atoms with E-state index in [1.165, 1.54) is 5.56 Å². The fraction of sp³-hybridized carbons (Fsp3) is 0.300. The van der Waals surface area contributed by atoms with E-state index in [1.807, 2.05) is 18.2 Å². The van der Waals surface area contributed by atoms with Crippen LogP contribution in [0.1, 0.15) is 36.2 Å². The quantitative estimate of drug-likeness (QED) is 0.524. The summed E-state index contributed by atoms with van der Waals surface area (Å²) in [6, 6.07) is 15.6. The van der Waals surface area contributed by atoms with Crippen molar-refractivity contribution in [3.05, 3.63) is 64.7 Å². The van der Waals surface area contributed by atoms with Crippen molar-refractivity contribution < 1.29 is 9.53 Å². The maximum absolute atomic E-state index is 11.8. The van der Waals surface area contributed by atoms with Crippen LogP contribution >= 0.6 is 23.8 Å². The first-order valence-corrected chi connectivity index (χ1v) is 9.36. The molecule has 0 saturated heterocycles. The highest BCUT2D eigenvalue weighted by Crippen LogP contribution is 2.22. The van der Waals surface area contributed by atoms with Gasteiger partial charge in [0.15, 0.2) is 5.11 Å². The molecule has 4 nitrogen and oxygen atoms in total. The molecule has 26 heavy (non-hydrogen) atoms. The maximum Gasteiger partial charge on any atom is 0.339 e. The van der Waals surface area contributed by atoms with Crippen molar-refractivity contribution in [2.24, 2.45) is 0 Å². The first-order chi connectivity index (χ1) is 12.5. The molecule has 0 aliphatic heterocycles. The lowest BCUT2D eigenvalue weighted by Crippen LogP contribution is -2.36. The summed E-state index contributed by atoms with van der Waals surface area (Å²) in [5.74, 6) is -0.431. The Balaban J connectivity index is 1.85. The van der Waals surface area contributed by atoms with Crippen LogP contribution in [0.15, 0.2) is 48.5 Å². The van der Waals surface area contributed by atoms with Gasteiger partial charge in [0.1, 0.15) is 0 Å². The number of hydrogen-bond acceptors (Lipinski definition) is 3. The monoisotopic (exact) mass is 390 g/mol.